The first-order valence-electron chi connectivity index (χ1n) is 5.95. The van der Waals surface area contributed by atoms with Crippen LogP contribution in [0, 0.1) is 16.7 Å². The van der Waals surface area contributed by atoms with Gasteiger partial charge in [0.05, 0.1) is 35.2 Å². The number of nitrogens with zero attached hydrogens (tertiary/aromatic N) is 1. The number of halogens is 1. The van der Waals surface area contributed by atoms with E-state index in [4.69, 9.17) is 19.8 Å². The maximum absolute atomic E-state index is 11.0. The van der Waals surface area contributed by atoms with Gasteiger partial charge in [-0.15, -0.1) is 0 Å². The zero-order chi connectivity index (χ0) is 15.3. The van der Waals surface area contributed by atoms with E-state index < -0.39 is 11.4 Å². The summed E-state index contributed by atoms with van der Waals surface area (Å²) >= 11 is 3.27. The minimum Gasteiger partial charge on any atom is -0.493 e. The Bertz CT molecular complexity index is 549. The third-order valence-electron chi connectivity index (χ3n) is 2.75. The highest BCUT2D eigenvalue weighted by molar-refractivity contribution is 9.10. The zero-order valence-corrected chi connectivity index (χ0v) is 13.2. The van der Waals surface area contributed by atoms with Crippen molar-refractivity contribution in [2.45, 2.75) is 20.3 Å². The number of methoxy groups -OCH3 is 1. The van der Waals surface area contributed by atoms with Crippen molar-refractivity contribution in [1.82, 2.24) is 0 Å². The summed E-state index contributed by atoms with van der Waals surface area (Å²) in [4.78, 5) is 11.0. The lowest BCUT2D eigenvalue weighted by Crippen LogP contribution is -2.13. The van der Waals surface area contributed by atoms with Gasteiger partial charge in [0, 0.05) is 0 Å². The number of aromatic carboxylic acids is 1. The highest BCUT2D eigenvalue weighted by Crippen LogP contribution is 2.37. The van der Waals surface area contributed by atoms with E-state index in [2.05, 4.69) is 22.0 Å². The van der Waals surface area contributed by atoms with Crippen LogP contribution < -0.4 is 9.47 Å². The molecular formula is C14H16BrNO4. The molecule has 1 aromatic rings. The fourth-order valence-corrected chi connectivity index (χ4v) is 2.00. The summed E-state index contributed by atoms with van der Waals surface area (Å²) in [5, 5.41) is 17.9. The second-order valence-electron chi connectivity index (χ2n) is 4.89. The van der Waals surface area contributed by atoms with E-state index in [9.17, 15) is 4.79 Å². The monoisotopic (exact) mass is 341 g/mol. The number of rotatable bonds is 6. The predicted molar refractivity (Wildman–Crippen MR) is 77.2 cm³/mol. The van der Waals surface area contributed by atoms with E-state index in [0.717, 1.165) is 0 Å². The molecule has 0 aliphatic carbocycles. The molecule has 0 unspecified atom stereocenters. The molecule has 0 radical (unpaired) electrons. The Morgan fingerprint density at radius 3 is 2.65 bits per heavy atom. The number of hydrogen-bond acceptors (Lipinski definition) is 4. The normalized spacial score (nSPS) is 10.8. The highest BCUT2D eigenvalue weighted by atomic mass is 79.9. The van der Waals surface area contributed by atoms with Crippen molar-refractivity contribution in [3.8, 4) is 17.6 Å². The Labute approximate surface area is 126 Å². The average molecular weight is 342 g/mol. The SMILES string of the molecule is COc1cc(C(=O)O)cc(Br)c1OCCC(C)(C)C#N. The van der Waals surface area contributed by atoms with Gasteiger partial charge in [0.2, 0.25) is 0 Å². The summed E-state index contributed by atoms with van der Waals surface area (Å²) in [7, 11) is 1.44. The van der Waals surface area contributed by atoms with Crippen LogP contribution in [-0.2, 0) is 0 Å². The van der Waals surface area contributed by atoms with E-state index in [-0.39, 0.29) is 5.56 Å². The third-order valence-corrected chi connectivity index (χ3v) is 3.34. The molecular weight excluding hydrogens is 326 g/mol. The van der Waals surface area contributed by atoms with Gasteiger partial charge in [-0.3, -0.25) is 0 Å². The fourth-order valence-electron chi connectivity index (χ4n) is 1.45. The quantitative estimate of drug-likeness (QED) is 0.856. The molecule has 0 heterocycles. The van der Waals surface area contributed by atoms with Crippen molar-refractivity contribution < 1.29 is 19.4 Å². The number of ether oxygens (including phenoxy) is 2. The van der Waals surface area contributed by atoms with Crippen LogP contribution in [0.2, 0.25) is 0 Å². The minimum atomic E-state index is -1.04. The molecule has 1 rings (SSSR count). The molecule has 0 fully saturated rings. The number of hydrogen-bond donors (Lipinski definition) is 1. The summed E-state index contributed by atoms with van der Waals surface area (Å²) in [5.74, 6) is -0.265. The van der Waals surface area contributed by atoms with Crippen molar-refractivity contribution in [1.29, 1.82) is 5.26 Å². The Morgan fingerprint density at radius 2 is 2.15 bits per heavy atom. The van der Waals surface area contributed by atoms with E-state index >= 15 is 0 Å². The van der Waals surface area contributed by atoms with Crippen LogP contribution in [-0.4, -0.2) is 24.8 Å². The van der Waals surface area contributed by atoms with E-state index in [1.54, 1.807) is 0 Å². The van der Waals surface area contributed by atoms with Crippen molar-refractivity contribution in [2.24, 2.45) is 5.41 Å². The van der Waals surface area contributed by atoms with Crippen LogP contribution in [0.1, 0.15) is 30.6 Å². The Kier molecular flexibility index (Phi) is 5.40. The van der Waals surface area contributed by atoms with Gasteiger partial charge in [-0.25, -0.2) is 4.79 Å². The summed E-state index contributed by atoms with van der Waals surface area (Å²) in [6, 6.07) is 5.05. The molecule has 0 bridgehead atoms. The van der Waals surface area contributed by atoms with Gasteiger partial charge in [-0.05, 0) is 48.3 Å². The largest absolute Gasteiger partial charge is 0.493 e. The molecule has 1 aromatic carbocycles. The Hall–Kier alpha value is -1.74. The van der Waals surface area contributed by atoms with E-state index in [0.29, 0.717) is 29.0 Å². The summed E-state index contributed by atoms with van der Waals surface area (Å²) in [6.07, 6.45) is 0.555. The van der Waals surface area contributed by atoms with Crippen LogP contribution in [0.15, 0.2) is 16.6 Å². The van der Waals surface area contributed by atoms with Gasteiger partial charge < -0.3 is 14.6 Å². The summed E-state index contributed by atoms with van der Waals surface area (Å²) in [5.41, 5.74) is -0.362. The molecule has 0 atom stereocenters. The molecule has 0 saturated carbocycles. The van der Waals surface area contributed by atoms with Crippen LogP contribution in [0.3, 0.4) is 0 Å². The first-order valence-corrected chi connectivity index (χ1v) is 6.75. The lowest BCUT2D eigenvalue weighted by Gasteiger charge is -2.17. The van der Waals surface area contributed by atoms with Crippen LogP contribution in [0.5, 0.6) is 11.5 Å². The van der Waals surface area contributed by atoms with Crippen molar-refractivity contribution in [3.05, 3.63) is 22.2 Å². The molecule has 1 N–H and O–H groups in total. The Balaban J connectivity index is 2.90. The number of benzene rings is 1. The van der Waals surface area contributed by atoms with Gasteiger partial charge in [0.1, 0.15) is 0 Å². The third kappa shape index (κ3) is 4.14. The first-order chi connectivity index (χ1) is 9.30. The second kappa shape index (κ2) is 6.62. The van der Waals surface area contributed by atoms with Crippen molar-refractivity contribution in [3.63, 3.8) is 0 Å². The summed E-state index contributed by atoms with van der Waals surface area (Å²) < 4.78 is 11.3. The smallest absolute Gasteiger partial charge is 0.335 e. The minimum absolute atomic E-state index is 0.110. The molecule has 0 aliphatic heterocycles. The number of carboxylic acid groups (broad SMARTS) is 1. The number of carbonyl (C=O) groups is 1. The molecule has 0 saturated heterocycles. The van der Waals surface area contributed by atoms with Gasteiger partial charge >= 0.3 is 5.97 Å². The molecule has 0 aromatic heterocycles. The van der Waals surface area contributed by atoms with Crippen LogP contribution in [0.4, 0.5) is 0 Å². The fraction of sp³-hybridized carbons (Fsp3) is 0.429. The lowest BCUT2D eigenvalue weighted by molar-refractivity contribution is 0.0696. The van der Waals surface area contributed by atoms with Crippen LogP contribution >= 0.6 is 15.9 Å². The van der Waals surface area contributed by atoms with Gasteiger partial charge in [0.25, 0.3) is 0 Å². The average Bonchev–Trinajstić information content (AvgIpc) is 2.39. The standard InChI is InChI=1S/C14H16BrNO4/c1-14(2,8-16)4-5-20-12-10(15)6-9(13(17)18)7-11(12)19-3/h6-7H,4-5H2,1-3H3,(H,17,18). The predicted octanol–water partition coefficient (Wildman–Crippen LogP) is 3.47. The molecule has 0 spiro atoms. The van der Waals surface area contributed by atoms with Crippen LogP contribution in [0.25, 0.3) is 0 Å². The van der Waals surface area contributed by atoms with Gasteiger partial charge in [0.15, 0.2) is 11.5 Å². The zero-order valence-electron chi connectivity index (χ0n) is 11.6. The Morgan fingerprint density at radius 1 is 1.50 bits per heavy atom. The van der Waals surface area contributed by atoms with Crippen molar-refractivity contribution in [2.75, 3.05) is 13.7 Å². The maximum atomic E-state index is 11.0. The molecule has 0 amide bonds. The topological polar surface area (TPSA) is 79.6 Å². The summed E-state index contributed by atoms with van der Waals surface area (Å²) in [6.45, 7) is 3.99. The highest BCUT2D eigenvalue weighted by Gasteiger charge is 2.19. The number of carboxylic acids is 1. The van der Waals surface area contributed by atoms with Gasteiger partial charge in [-0.2, -0.15) is 5.26 Å². The van der Waals surface area contributed by atoms with E-state index in [1.165, 1.54) is 19.2 Å². The molecule has 5 nitrogen and oxygen atoms in total. The van der Waals surface area contributed by atoms with Crippen molar-refractivity contribution >= 4 is 21.9 Å². The molecule has 20 heavy (non-hydrogen) atoms. The van der Waals surface area contributed by atoms with E-state index in [1.807, 2.05) is 13.8 Å². The lowest BCUT2D eigenvalue weighted by atomic mass is 9.92. The van der Waals surface area contributed by atoms with Gasteiger partial charge in [-0.1, -0.05) is 0 Å². The first kappa shape index (κ1) is 16.3. The maximum Gasteiger partial charge on any atom is 0.335 e. The second-order valence-corrected chi connectivity index (χ2v) is 5.74. The number of nitriles is 1. The molecule has 6 heteroatoms. The molecule has 0 aliphatic rings. The molecule has 108 valence electrons.